The Bertz CT molecular complexity index is 489. The molecule has 1 aromatic carbocycles. The summed E-state index contributed by atoms with van der Waals surface area (Å²) in [5.41, 5.74) is 1.17. The van der Waals surface area contributed by atoms with E-state index in [0.29, 0.717) is 6.79 Å². The smallest absolute Gasteiger partial charge is 0.328 e. The van der Waals surface area contributed by atoms with Gasteiger partial charge in [-0.3, -0.25) is 0 Å². The summed E-state index contributed by atoms with van der Waals surface area (Å²) >= 11 is 0. The molecule has 0 saturated carbocycles. The molecule has 2 rings (SSSR count). The molecule has 0 unspecified atom stereocenters. The molecule has 0 bridgehead atoms. The summed E-state index contributed by atoms with van der Waals surface area (Å²) in [4.78, 5) is 10.2. The normalized spacial score (nSPS) is 13.6. The molecule has 0 radical (unpaired) electrons. The second-order valence-corrected chi connectivity index (χ2v) is 3.85. The first kappa shape index (κ1) is 12.2. The van der Waals surface area contributed by atoms with Crippen LogP contribution in [0.4, 0.5) is 0 Å². The van der Waals surface area contributed by atoms with Crippen molar-refractivity contribution in [2.45, 2.75) is 12.8 Å². The number of carbonyl (C=O) groups is 1. The molecule has 1 aliphatic rings. The maximum absolute atomic E-state index is 10.2. The van der Waals surface area contributed by atoms with E-state index < -0.39 is 5.97 Å². The van der Waals surface area contributed by atoms with E-state index in [4.69, 9.17) is 14.6 Å². The van der Waals surface area contributed by atoms with Gasteiger partial charge in [0, 0.05) is 6.08 Å². The molecule has 1 N–H and O–H groups in total. The quantitative estimate of drug-likeness (QED) is 0.640. The number of carboxylic acid groups (broad SMARTS) is 1. The van der Waals surface area contributed by atoms with Crippen LogP contribution in [0.2, 0.25) is 0 Å². The Morgan fingerprint density at radius 1 is 1.28 bits per heavy atom. The fraction of sp³-hybridized carbons (Fsp3) is 0.214. The third-order valence-electron chi connectivity index (χ3n) is 2.52. The van der Waals surface area contributed by atoms with Crippen LogP contribution < -0.4 is 9.47 Å². The predicted molar refractivity (Wildman–Crippen MR) is 66.8 cm³/mol. The van der Waals surface area contributed by atoms with Crippen molar-refractivity contribution in [2.24, 2.45) is 0 Å². The van der Waals surface area contributed by atoms with Crippen LogP contribution in [0.25, 0.3) is 0 Å². The van der Waals surface area contributed by atoms with E-state index in [1.165, 1.54) is 11.6 Å². The zero-order chi connectivity index (χ0) is 12.8. The Morgan fingerprint density at radius 3 is 2.94 bits per heavy atom. The minimum atomic E-state index is -0.935. The lowest BCUT2D eigenvalue weighted by molar-refractivity contribution is -0.131. The zero-order valence-electron chi connectivity index (χ0n) is 9.83. The molecule has 4 heteroatoms. The molecule has 0 aliphatic carbocycles. The fourth-order valence-corrected chi connectivity index (χ4v) is 1.66. The van der Waals surface area contributed by atoms with Crippen molar-refractivity contribution in [2.75, 3.05) is 6.79 Å². The molecule has 1 heterocycles. The van der Waals surface area contributed by atoms with E-state index in [1.807, 2.05) is 24.3 Å². The van der Waals surface area contributed by atoms with Gasteiger partial charge in [-0.1, -0.05) is 24.3 Å². The lowest BCUT2D eigenvalue weighted by Crippen LogP contribution is -1.92. The average molecular weight is 246 g/mol. The Balaban J connectivity index is 1.82. The topological polar surface area (TPSA) is 55.8 Å². The number of rotatable bonds is 5. The summed E-state index contributed by atoms with van der Waals surface area (Å²) in [6, 6.07) is 5.89. The van der Waals surface area contributed by atoms with Crippen molar-refractivity contribution in [1.29, 1.82) is 0 Å². The Hall–Kier alpha value is -2.23. The van der Waals surface area contributed by atoms with Gasteiger partial charge in [0.15, 0.2) is 11.5 Å². The van der Waals surface area contributed by atoms with E-state index in [1.54, 1.807) is 6.08 Å². The number of carboxylic acids is 1. The SMILES string of the molecule is O=C(O)C=C/C=C\CCc1ccc2c(c1)OCO2. The summed E-state index contributed by atoms with van der Waals surface area (Å²) in [7, 11) is 0. The van der Waals surface area contributed by atoms with Gasteiger partial charge >= 0.3 is 5.97 Å². The zero-order valence-corrected chi connectivity index (χ0v) is 9.83. The number of ether oxygens (including phenoxy) is 2. The molecule has 0 atom stereocenters. The van der Waals surface area contributed by atoms with Gasteiger partial charge in [-0.05, 0) is 30.5 Å². The average Bonchev–Trinajstić information content (AvgIpc) is 2.80. The Kier molecular flexibility index (Phi) is 4.02. The minimum Gasteiger partial charge on any atom is -0.478 e. The van der Waals surface area contributed by atoms with E-state index >= 15 is 0 Å². The van der Waals surface area contributed by atoms with Crippen LogP contribution in [-0.2, 0) is 11.2 Å². The van der Waals surface area contributed by atoms with Crippen LogP contribution >= 0.6 is 0 Å². The van der Waals surface area contributed by atoms with Crippen molar-refractivity contribution in [3.63, 3.8) is 0 Å². The Labute approximate surface area is 105 Å². The summed E-state index contributed by atoms with van der Waals surface area (Å²) in [6.07, 6.45) is 8.03. The molecule has 1 aromatic rings. The van der Waals surface area contributed by atoms with Crippen molar-refractivity contribution >= 4 is 5.97 Å². The third kappa shape index (κ3) is 3.38. The van der Waals surface area contributed by atoms with Gasteiger partial charge in [-0.2, -0.15) is 0 Å². The van der Waals surface area contributed by atoms with E-state index in [-0.39, 0.29) is 0 Å². The molecule has 0 aromatic heterocycles. The molecular weight excluding hydrogens is 232 g/mol. The highest BCUT2D eigenvalue weighted by Crippen LogP contribution is 2.32. The van der Waals surface area contributed by atoms with Crippen LogP contribution in [0.1, 0.15) is 12.0 Å². The van der Waals surface area contributed by atoms with Crippen LogP contribution in [0.5, 0.6) is 11.5 Å². The molecule has 0 amide bonds. The van der Waals surface area contributed by atoms with Crippen molar-refractivity contribution in [3.8, 4) is 11.5 Å². The predicted octanol–water partition coefficient (Wildman–Crippen LogP) is 2.54. The van der Waals surface area contributed by atoms with Crippen LogP contribution in [0, 0.1) is 0 Å². The van der Waals surface area contributed by atoms with Crippen LogP contribution in [0.3, 0.4) is 0 Å². The largest absolute Gasteiger partial charge is 0.478 e. The highest BCUT2D eigenvalue weighted by atomic mass is 16.7. The summed E-state index contributed by atoms with van der Waals surface area (Å²) in [5, 5.41) is 8.39. The molecular formula is C14H14O4. The first-order chi connectivity index (χ1) is 8.75. The first-order valence-electron chi connectivity index (χ1n) is 5.70. The fourth-order valence-electron chi connectivity index (χ4n) is 1.66. The monoisotopic (exact) mass is 246 g/mol. The lowest BCUT2D eigenvalue weighted by atomic mass is 10.1. The number of allylic oxidation sites excluding steroid dienone is 3. The molecule has 0 spiro atoms. The Morgan fingerprint density at radius 2 is 2.11 bits per heavy atom. The number of hydrogen-bond acceptors (Lipinski definition) is 3. The summed E-state index contributed by atoms with van der Waals surface area (Å²) < 4.78 is 10.5. The maximum atomic E-state index is 10.2. The van der Waals surface area contributed by atoms with E-state index in [0.717, 1.165) is 30.4 Å². The van der Waals surface area contributed by atoms with Gasteiger partial charge in [-0.15, -0.1) is 0 Å². The van der Waals surface area contributed by atoms with Gasteiger partial charge in [0.1, 0.15) is 0 Å². The maximum Gasteiger partial charge on any atom is 0.328 e. The highest BCUT2D eigenvalue weighted by molar-refractivity contribution is 5.80. The molecule has 94 valence electrons. The van der Waals surface area contributed by atoms with Crippen LogP contribution in [0.15, 0.2) is 42.5 Å². The number of aryl methyl sites for hydroxylation is 1. The second kappa shape index (κ2) is 5.91. The molecule has 18 heavy (non-hydrogen) atoms. The van der Waals surface area contributed by atoms with Crippen molar-refractivity contribution in [1.82, 2.24) is 0 Å². The standard InChI is InChI=1S/C14H14O4/c15-14(16)6-4-2-1-3-5-11-7-8-12-13(9-11)18-10-17-12/h1-2,4,6-9H,3,5,10H2,(H,15,16)/b2-1-,6-4?. The number of benzene rings is 1. The van der Waals surface area contributed by atoms with Gasteiger partial charge in [0.25, 0.3) is 0 Å². The van der Waals surface area contributed by atoms with E-state index in [2.05, 4.69) is 0 Å². The van der Waals surface area contributed by atoms with E-state index in [9.17, 15) is 4.79 Å². The van der Waals surface area contributed by atoms with Crippen LogP contribution in [-0.4, -0.2) is 17.9 Å². The summed E-state index contributed by atoms with van der Waals surface area (Å²) in [6.45, 7) is 0.290. The van der Waals surface area contributed by atoms with Crippen molar-refractivity contribution < 1.29 is 19.4 Å². The second-order valence-electron chi connectivity index (χ2n) is 3.85. The molecule has 0 saturated heterocycles. The number of fused-ring (bicyclic) bond motifs is 1. The number of hydrogen-bond donors (Lipinski definition) is 1. The number of aliphatic carboxylic acids is 1. The van der Waals surface area contributed by atoms with Crippen molar-refractivity contribution in [3.05, 3.63) is 48.1 Å². The van der Waals surface area contributed by atoms with Gasteiger partial charge in [-0.25, -0.2) is 4.79 Å². The summed E-state index contributed by atoms with van der Waals surface area (Å²) in [5.74, 6) is 0.649. The molecule has 0 fully saturated rings. The third-order valence-corrected chi connectivity index (χ3v) is 2.52. The van der Waals surface area contributed by atoms with Gasteiger partial charge in [0.2, 0.25) is 6.79 Å². The highest BCUT2D eigenvalue weighted by Gasteiger charge is 2.12. The minimum absolute atomic E-state index is 0.290. The van der Waals surface area contributed by atoms with Gasteiger partial charge in [0.05, 0.1) is 0 Å². The molecule has 1 aliphatic heterocycles. The molecule has 4 nitrogen and oxygen atoms in total. The lowest BCUT2D eigenvalue weighted by Gasteiger charge is -2.00. The first-order valence-corrected chi connectivity index (χ1v) is 5.70. The van der Waals surface area contributed by atoms with Gasteiger partial charge < -0.3 is 14.6 Å².